The van der Waals surface area contributed by atoms with Crippen LogP contribution in [0.2, 0.25) is 0 Å². The number of methoxy groups -OCH3 is 1. The van der Waals surface area contributed by atoms with Crippen molar-refractivity contribution in [3.05, 3.63) is 47.8 Å². The molecule has 23 heavy (non-hydrogen) atoms. The third-order valence-electron chi connectivity index (χ3n) is 3.10. The number of phenols is 2. The number of nitrogens with zero attached hydrogens (tertiary/aromatic N) is 1. The van der Waals surface area contributed by atoms with Gasteiger partial charge in [-0.1, -0.05) is 6.07 Å². The van der Waals surface area contributed by atoms with E-state index in [1.165, 1.54) is 23.5 Å². The standard InChI is InChI=1S/C16H14N2O3S.ClH/c1-21-12-4-2-3-11(8-12)17-16-18-13(9-22-16)10-5-6-14(19)15(20)7-10;/h2-9,19-20H,1H3,(H,17,18);1H. The van der Waals surface area contributed by atoms with E-state index in [9.17, 15) is 10.2 Å². The van der Waals surface area contributed by atoms with Gasteiger partial charge in [0.25, 0.3) is 0 Å². The number of hydrogen-bond acceptors (Lipinski definition) is 6. The molecule has 0 aliphatic rings. The van der Waals surface area contributed by atoms with Crippen molar-refractivity contribution < 1.29 is 14.9 Å². The molecule has 0 fully saturated rings. The summed E-state index contributed by atoms with van der Waals surface area (Å²) in [6.45, 7) is 0. The van der Waals surface area contributed by atoms with Crippen molar-refractivity contribution in [2.75, 3.05) is 12.4 Å². The Bertz CT molecular complexity index is 808. The van der Waals surface area contributed by atoms with Crippen molar-refractivity contribution in [2.24, 2.45) is 0 Å². The van der Waals surface area contributed by atoms with Crippen LogP contribution in [0.5, 0.6) is 17.2 Å². The number of hydrogen-bond donors (Lipinski definition) is 3. The fourth-order valence-electron chi connectivity index (χ4n) is 1.97. The monoisotopic (exact) mass is 350 g/mol. The van der Waals surface area contributed by atoms with Crippen molar-refractivity contribution in [1.82, 2.24) is 4.98 Å². The molecule has 120 valence electrons. The van der Waals surface area contributed by atoms with Crippen LogP contribution in [0.15, 0.2) is 47.8 Å². The molecule has 0 bridgehead atoms. The summed E-state index contributed by atoms with van der Waals surface area (Å²) in [6, 6.07) is 12.2. The number of rotatable bonds is 4. The molecule has 1 heterocycles. The van der Waals surface area contributed by atoms with Crippen LogP contribution < -0.4 is 10.1 Å². The van der Waals surface area contributed by atoms with Gasteiger partial charge in [-0.15, -0.1) is 23.7 Å². The molecule has 5 nitrogen and oxygen atoms in total. The zero-order valence-electron chi connectivity index (χ0n) is 12.2. The minimum atomic E-state index is -0.159. The normalized spacial score (nSPS) is 9.96. The van der Waals surface area contributed by atoms with Crippen LogP contribution in [0.25, 0.3) is 11.3 Å². The first-order valence-electron chi connectivity index (χ1n) is 6.54. The molecule has 0 saturated heterocycles. The molecule has 1 aromatic heterocycles. The number of halogens is 1. The molecular formula is C16H15ClN2O3S. The predicted molar refractivity (Wildman–Crippen MR) is 94.4 cm³/mol. The van der Waals surface area contributed by atoms with Crippen LogP contribution in [0, 0.1) is 0 Å². The average molecular weight is 351 g/mol. The highest BCUT2D eigenvalue weighted by molar-refractivity contribution is 7.14. The Hall–Kier alpha value is -2.44. The van der Waals surface area contributed by atoms with E-state index in [4.69, 9.17) is 4.74 Å². The molecule has 0 aliphatic carbocycles. The van der Waals surface area contributed by atoms with E-state index in [2.05, 4.69) is 10.3 Å². The fraction of sp³-hybridized carbons (Fsp3) is 0.0625. The van der Waals surface area contributed by atoms with Crippen LogP contribution in [0.3, 0.4) is 0 Å². The fourth-order valence-corrected chi connectivity index (χ4v) is 2.71. The number of benzene rings is 2. The van der Waals surface area contributed by atoms with Gasteiger partial charge in [-0.05, 0) is 30.3 Å². The van der Waals surface area contributed by atoms with E-state index >= 15 is 0 Å². The van der Waals surface area contributed by atoms with Gasteiger partial charge in [0.2, 0.25) is 0 Å². The molecule has 7 heteroatoms. The van der Waals surface area contributed by atoms with Gasteiger partial charge in [-0.3, -0.25) is 0 Å². The summed E-state index contributed by atoms with van der Waals surface area (Å²) in [5.74, 6) is 0.465. The Morgan fingerprint density at radius 1 is 1.09 bits per heavy atom. The average Bonchev–Trinajstić information content (AvgIpc) is 2.98. The van der Waals surface area contributed by atoms with Crippen molar-refractivity contribution in [3.8, 4) is 28.5 Å². The lowest BCUT2D eigenvalue weighted by Crippen LogP contribution is -1.90. The molecule has 0 unspecified atom stereocenters. The molecule has 2 aromatic carbocycles. The van der Waals surface area contributed by atoms with E-state index in [1.807, 2.05) is 29.6 Å². The summed E-state index contributed by atoms with van der Waals surface area (Å²) >= 11 is 1.46. The number of phenolic OH excluding ortho intramolecular Hbond substituents is 2. The SMILES string of the molecule is COc1cccc(Nc2nc(-c3ccc(O)c(O)c3)cs2)c1.Cl. The summed E-state index contributed by atoms with van der Waals surface area (Å²) in [7, 11) is 1.62. The zero-order valence-corrected chi connectivity index (χ0v) is 13.8. The van der Waals surface area contributed by atoms with Gasteiger partial charge in [-0.25, -0.2) is 4.98 Å². The highest BCUT2D eigenvalue weighted by Crippen LogP contribution is 2.33. The van der Waals surface area contributed by atoms with Crippen LogP contribution in [0.1, 0.15) is 0 Å². The van der Waals surface area contributed by atoms with Gasteiger partial charge in [0.15, 0.2) is 16.6 Å². The van der Waals surface area contributed by atoms with E-state index in [1.54, 1.807) is 13.2 Å². The molecule has 0 atom stereocenters. The summed E-state index contributed by atoms with van der Waals surface area (Å²) in [5.41, 5.74) is 2.35. The quantitative estimate of drug-likeness (QED) is 0.608. The first-order chi connectivity index (χ1) is 10.7. The van der Waals surface area contributed by atoms with Crippen LogP contribution >= 0.6 is 23.7 Å². The van der Waals surface area contributed by atoms with Crippen molar-refractivity contribution >= 4 is 34.6 Å². The number of nitrogens with one attached hydrogen (secondary N) is 1. The van der Waals surface area contributed by atoms with E-state index in [0.717, 1.165) is 27.8 Å². The van der Waals surface area contributed by atoms with Crippen molar-refractivity contribution in [2.45, 2.75) is 0 Å². The zero-order chi connectivity index (χ0) is 15.5. The van der Waals surface area contributed by atoms with Gasteiger partial charge in [0.1, 0.15) is 5.75 Å². The van der Waals surface area contributed by atoms with E-state index in [-0.39, 0.29) is 23.9 Å². The van der Waals surface area contributed by atoms with Gasteiger partial charge in [0, 0.05) is 22.7 Å². The molecular weight excluding hydrogens is 336 g/mol. The number of ether oxygens (including phenoxy) is 1. The molecule has 3 N–H and O–H groups in total. The smallest absolute Gasteiger partial charge is 0.187 e. The van der Waals surface area contributed by atoms with Crippen LogP contribution in [-0.2, 0) is 0 Å². The molecule has 0 spiro atoms. The van der Waals surface area contributed by atoms with Gasteiger partial charge < -0.3 is 20.3 Å². The molecule has 0 aliphatic heterocycles. The molecule has 0 saturated carbocycles. The summed E-state index contributed by atoms with van der Waals surface area (Å²) in [6.07, 6.45) is 0. The Morgan fingerprint density at radius 3 is 2.65 bits per heavy atom. The minimum Gasteiger partial charge on any atom is -0.504 e. The Labute approximate surface area is 143 Å². The van der Waals surface area contributed by atoms with E-state index < -0.39 is 0 Å². The molecule has 0 amide bonds. The van der Waals surface area contributed by atoms with Gasteiger partial charge >= 0.3 is 0 Å². The maximum Gasteiger partial charge on any atom is 0.187 e. The highest BCUT2D eigenvalue weighted by Gasteiger charge is 2.08. The summed E-state index contributed by atoms with van der Waals surface area (Å²) in [4.78, 5) is 4.48. The lowest BCUT2D eigenvalue weighted by atomic mass is 10.1. The molecule has 0 radical (unpaired) electrons. The molecule has 3 rings (SSSR count). The Balaban J connectivity index is 0.00000192. The summed E-state index contributed by atoms with van der Waals surface area (Å²) in [5, 5.41) is 24.7. The van der Waals surface area contributed by atoms with Crippen LogP contribution in [0.4, 0.5) is 10.8 Å². The topological polar surface area (TPSA) is 74.6 Å². The number of aromatic hydroxyl groups is 2. The van der Waals surface area contributed by atoms with Crippen molar-refractivity contribution in [3.63, 3.8) is 0 Å². The maximum absolute atomic E-state index is 9.56. The lowest BCUT2D eigenvalue weighted by molar-refractivity contribution is 0.404. The second-order valence-electron chi connectivity index (χ2n) is 4.60. The second-order valence-corrected chi connectivity index (χ2v) is 5.46. The number of thiazole rings is 1. The molecule has 3 aromatic rings. The first-order valence-corrected chi connectivity index (χ1v) is 7.42. The van der Waals surface area contributed by atoms with E-state index in [0.29, 0.717) is 0 Å². The maximum atomic E-state index is 9.56. The number of aromatic nitrogens is 1. The van der Waals surface area contributed by atoms with Gasteiger partial charge in [0.05, 0.1) is 12.8 Å². The predicted octanol–water partition coefficient (Wildman–Crippen LogP) is 4.40. The summed E-state index contributed by atoms with van der Waals surface area (Å²) < 4.78 is 5.18. The second kappa shape index (κ2) is 7.21. The number of anilines is 2. The third kappa shape index (κ3) is 3.85. The third-order valence-corrected chi connectivity index (χ3v) is 3.85. The largest absolute Gasteiger partial charge is 0.504 e. The Kier molecular flexibility index (Phi) is 5.31. The Morgan fingerprint density at radius 2 is 1.91 bits per heavy atom. The lowest BCUT2D eigenvalue weighted by Gasteiger charge is -2.05. The first kappa shape index (κ1) is 16.9. The highest BCUT2D eigenvalue weighted by atomic mass is 35.5. The minimum absolute atomic E-state index is 0. The van der Waals surface area contributed by atoms with Crippen molar-refractivity contribution in [1.29, 1.82) is 0 Å². The van der Waals surface area contributed by atoms with Crippen LogP contribution in [-0.4, -0.2) is 22.3 Å². The van der Waals surface area contributed by atoms with Gasteiger partial charge in [-0.2, -0.15) is 0 Å².